The number of rotatable bonds is 4. The van der Waals surface area contributed by atoms with Crippen molar-refractivity contribution in [3.63, 3.8) is 0 Å². The van der Waals surface area contributed by atoms with E-state index >= 15 is 0 Å². The van der Waals surface area contributed by atoms with Gasteiger partial charge in [-0.1, -0.05) is 60.7 Å². The maximum Gasteiger partial charge on any atom is 0.410 e. The van der Waals surface area contributed by atoms with Crippen LogP contribution in [-0.4, -0.2) is 43.1 Å². The molecule has 4 nitrogen and oxygen atoms in total. The summed E-state index contributed by atoms with van der Waals surface area (Å²) < 4.78 is 5.48. The van der Waals surface area contributed by atoms with Crippen LogP contribution in [0, 0.1) is 0 Å². The van der Waals surface area contributed by atoms with Crippen LogP contribution in [0.15, 0.2) is 60.7 Å². The average molecular weight is 338 g/mol. The van der Waals surface area contributed by atoms with Crippen LogP contribution in [-0.2, 0) is 16.9 Å². The van der Waals surface area contributed by atoms with Crippen LogP contribution in [0.5, 0.6) is 0 Å². The zero-order valence-corrected chi connectivity index (χ0v) is 15.0. The summed E-state index contributed by atoms with van der Waals surface area (Å²) in [6.45, 7) is 1.75. The minimum Gasteiger partial charge on any atom is -0.445 e. The number of likely N-dealkylation sites (tertiary alicyclic amines) is 1. The molecule has 0 radical (unpaired) electrons. The highest BCUT2D eigenvalue weighted by Crippen LogP contribution is 2.37. The summed E-state index contributed by atoms with van der Waals surface area (Å²) in [5, 5.41) is 0. The lowest BCUT2D eigenvalue weighted by Crippen LogP contribution is -2.51. The van der Waals surface area contributed by atoms with Gasteiger partial charge in [0.05, 0.1) is 0 Å². The van der Waals surface area contributed by atoms with Gasteiger partial charge in [-0.25, -0.2) is 4.79 Å². The van der Waals surface area contributed by atoms with E-state index in [1.807, 2.05) is 41.3 Å². The number of piperidine rings is 1. The Labute approximate surface area is 150 Å². The molecule has 132 valence electrons. The number of carbonyl (C=O) groups excluding carboxylic acids is 1. The molecule has 1 fully saturated rings. The van der Waals surface area contributed by atoms with Crippen molar-refractivity contribution in [1.29, 1.82) is 0 Å². The first kappa shape index (κ1) is 17.5. The smallest absolute Gasteiger partial charge is 0.410 e. The molecule has 0 saturated carbocycles. The van der Waals surface area contributed by atoms with E-state index in [2.05, 4.69) is 43.3 Å². The van der Waals surface area contributed by atoms with Gasteiger partial charge in [0, 0.05) is 18.6 Å². The molecule has 0 N–H and O–H groups in total. The SMILES string of the molecule is CN(C)C1(c2ccccc2)CCN(C(=O)OCc2ccccc2)CC1. The Kier molecular flexibility index (Phi) is 5.39. The predicted molar refractivity (Wildman–Crippen MR) is 99.2 cm³/mol. The molecule has 2 aromatic carbocycles. The topological polar surface area (TPSA) is 32.8 Å². The van der Waals surface area contributed by atoms with Gasteiger partial charge >= 0.3 is 6.09 Å². The Balaban J connectivity index is 1.61. The first-order valence-corrected chi connectivity index (χ1v) is 8.80. The zero-order valence-electron chi connectivity index (χ0n) is 15.0. The lowest BCUT2D eigenvalue weighted by Gasteiger charge is -2.46. The van der Waals surface area contributed by atoms with Gasteiger partial charge in [-0.15, -0.1) is 0 Å². The second-order valence-electron chi connectivity index (χ2n) is 6.82. The zero-order chi connectivity index (χ0) is 17.7. The van der Waals surface area contributed by atoms with Crippen molar-refractivity contribution >= 4 is 6.09 Å². The number of hydrogen-bond acceptors (Lipinski definition) is 3. The highest BCUT2D eigenvalue weighted by atomic mass is 16.6. The van der Waals surface area contributed by atoms with Crippen LogP contribution in [0.2, 0.25) is 0 Å². The minimum absolute atomic E-state index is 0.0164. The molecule has 25 heavy (non-hydrogen) atoms. The summed E-state index contributed by atoms with van der Waals surface area (Å²) in [6, 6.07) is 20.4. The Bertz CT molecular complexity index is 678. The van der Waals surface area contributed by atoms with Crippen LogP contribution in [0.4, 0.5) is 4.79 Å². The molecule has 0 atom stereocenters. The Morgan fingerprint density at radius 2 is 1.56 bits per heavy atom. The third-order valence-electron chi connectivity index (χ3n) is 5.22. The Morgan fingerprint density at radius 1 is 1.00 bits per heavy atom. The van der Waals surface area contributed by atoms with Crippen molar-refractivity contribution in [3.05, 3.63) is 71.8 Å². The van der Waals surface area contributed by atoms with Crippen molar-refractivity contribution < 1.29 is 9.53 Å². The number of benzene rings is 2. The van der Waals surface area contributed by atoms with E-state index in [0.29, 0.717) is 19.7 Å². The molecular weight excluding hydrogens is 312 g/mol. The first-order valence-electron chi connectivity index (χ1n) is 8.80. The van der Waals surface area contributed by atoms with Gasteiger partial charge in [-0.05, 0) is 38.1 Å². The molecule has 0 bridgehead atoms. The monoisotopic (exact) mass is 338 g/mol. The fraction of sp³-hybridized carbons (Fsp3) is 0.381. The third kappa shape index (κ3) is 3.85. The van der Waals surface area contributed by atoms with Gasteiger partial charge in [0.1, 0.15) is 6.61 Å². The lowest BCUT2D eigenvalue weighted by atomic mass is 9.80. The van der Waals surface area contributed by atoms with Crippen molar-refractivity contribution in [3.8, 4) is 0 Å². The van der Waals surface area contributed by atoms with Crippen LogP contribution in [0.1, 0.15) is 24.0 Å². The standard InChI is InChI=1S/C21H26N2O2/c1-22(2)21(19-11-7-4-8-12-19)13-15-23(16-14-21)20(24)25-17-18-9-5-3-6-10-18/h3-12H,13-17H2,1-2H3. The van der Waals surface area contributed by atoms with Crippen molar-refractivity contribution in [1.82, 2.24) is 9.80 Å². The number of nitrogens with zero attached hydrogens (tertiary/aromatic N) is 2. The summed E-state index contributed by atoms with van der Waals surface area (Å²) >= 11 is 0. The van der Waals surface area contributed by atoms with E-state index in [9.17, 15) is 4.79 Å². The Hall–Kier alpha value is -2.33. The summed E-state index contributed by atoms with van der Waals surface area (Å²) in [5.41, 5.74) is 2.31. The molecule has 0 spiro atoms. The quantitative estimate of drug-likeness (QED) is 0.848. The molecule has 0 aromatic heterocycles. The highest BCUT2D eigenvalue weighted by molar-refractivity contribution is 5.67. The Morgan fingerprint density at radius 3 is 2.12 bits per heavy atom. The van der Waals surface area contributed by atoms with Gasteiger partial charge in [-0.2, -0.15) is 0 Å². The minimum atomic E-state index is -0.218. The summed E-state index contributed by atoms with van der Waals surface area (Å²) in [4.78, 5) is 16.5. The van der Waals surface area contributed by atoms with E-state index in [1.54, 1.807) is 0 Å². The molecule has 0 aliphatic carbocycles. The second-order valence-corrected chi connectivity index (χ2v) is 6.82. The van der Waals surface area contributed by atoms with E-state index in [-0.39, 0.29) is 11.6 Å². The largest absolute Gasteiger partial charge is 0.445 e. The predicted octanol–water partition coefficient (Wildman–Crippen LogP) is 3.88. The van der Waals surface area contributed by atoms with E-state index in [4.69, 9.17) is 4.74 Å². The average Bonchev–Trinajstić information content (AvgIpc) is 2.67. The van der Waals surface area contributed by atoms with Crippen LogP contribution >= 0.6 is 0 Å². The lowest BCUT2D eigenvalue weighted by molar-refractivity contribution is 0.0382. The molecule has 4 heteroatoms. The fourth-order valence-corrected chi connectivity index (χ4v) is 3.61. The van der Waals surface area contributed by atoms with Gasteiger partial charge < -0.3 is 9.64 Å². The van der Waals surface area contributed by atoms with Gasteiger partial charge in [0.15, 0.2) is 0 Å². The van der Waals surface area contributed by atoms with Gasteiger partial charge in [-0.3, -0.25) is 4.90 Å². The summed E-state index contributed by atoms with van der Waals surface area (Å²) in [5.74, 6) is 0. The first-order chi connectivity index (χ1) is 12.1. The second kappa shape index (κ2) is 7.70. The van der Waals surface area contributed by atoms with Crippen molar-refractivity contribution in [2.45, 2.75) is 25.0 Å². The molecule has 1 aliphatic rings. The number of carbonyl (C=O) groups is 1. The van der Waals surface area contributed by atoms with Gasteiger partial charge in [0.2, 0.25) is 0 Å². The normalized spacial score (nSPS) is 16.7. The maximum absolute atomic E-state index is 12.4. The molecule has 1 aliphatic heterocycles. The molecular formula is C21H26N2O2. The number of ether oxygens (including phenoxy) is 1. The molecule has 1 saturated heterocycles. The summed E-state index contributed by atoms with van der Waals surface area (Å²) in [6.07, 6.45) is 1.60. The van der Waals surface area contributed by atoms with Crippen molar-refractivity contribution in [2.24, 2.45) is 0 Å². The fourth-order valence-electron chi connectivity index (χ4n) is 3.61. The molecule has 1 heterocycles. The van der Waals surface area contributed by atoms with Crippen molar-refractivity contribution in [2.75, 3.05) is 27.2 Å². The van der Waals surface area contributed by atoms with Gasteiger partial charge in [0.25, 0.3) is 0 Å². The van der Waals surface area contributed by atoms with Crippen LogP contribution in [0.3, 0.4) is 0 Å². The van der Waals surface area contributed by atoms with E-state index < -0.39 is 0 Å². The molecule has 2 aromatic rings. The molecule has 0 unspecified atom stereocenters. The van der Waals surface area contributed by atoms with E-state index in [0.717, 1.165) is 18.4 Å². The van der Waals surface area contributed by atoms with E-state index in [1.165, 1.54) is 5.56 Å². The number of amides is 1. The molecule has 1 amide bonds. The van der Waals surface area contributed by atoms with Crippen LogP contribution < -0.4 is 0 Å². The summed E-state index contributed by atoms with van der Waals surface area (Å²) in [7, 11) is 4.24. The number of hydrogen-bond donors (Lipinski definition) is 0. The third-order valence-corrected chi connectivity index (χ3v) is 5.22. The highest BCUT2D eigenvalue weighted by Gasteiger charge is 2.39. The molecule has 3 rings (SSSR count). The maximum atomic E-state index is 12.4. The van der Waals surface area contributed by atoms with Crippen LogP contribution in [0.25, 0.3) is 0 Å².